The highest BCUT2D eigenvalue weighted by Gasteiger charge is 2.12. The van der Waals surface area contributed by atoms with E-state index in [0.29, 0.717) is 30.9 Å². The van der Waals surface area contributed by atoms with Crippen LogP contribution in [-0.2, 0) is 9.47 Å². The Kier molecular flexibility index (Phi) is 7.87. The summed E-state index contributed by atoms with van der Waals surface area (Å²) in [6, 6.07) is 7.04. The number of aliphatic hydroxyl groups is 1. The molecular weight excluding hydrogens is 260 g/mol. The van der Waals surface area contributed by atoms with Crippen LogP contribution in [0.25, 0.3) is 0 Å². The normalized spacial score (nSPS) is 12.2. The van der Waals surface area contributed by atoms with Gasteiger partial charge in [-0.05, 0) is 12.1 Å². The number of carbonyl (C=O) groups excluding carboxylic acids is 1. The first-order valence-corrected chi connectivity index (χ1v) is 6.68. The van der Waals surface area contributed by atoms with Crippen LogP contribution in [0.3, 0.4) is 0 Å². The van der Waals surface area contributed by atoms with Gasteiger partial charge >= 0.3 is 0 Å². The summed E-state index contributed by atoms with van der Waals surface area (Å²) in [4.78, 5) is 11.7. The third-order valence-corrected chi connectivity index (χ3v) is 2.68. The standard InChI is InChI=1S/C15H22O5/c1-3-14(17)13-6-4-5-7-15(13)20-11-12(16)10-19-9-8-18-2/h4-7,12,16H,3,8-11H2,1-2H3. The molecule has 5 heteroatoms. The summed E-state index contributed by atoms with van der Waals surface area (Å²) in [5.74, 6) is 0.515. The third-order valence-electron chi connectivity index (χ3n) is 2.68. The maximum atomic E-state index is 11.7. The van der Waals surface area contributed by atoms with Gasteiger partial charge in [0.05, 0.1) is 25.4 Å². The van der Waals surface area contributed by atoms with Gasteiger partial charge in [-0.2, -0.15) is 0 Å². The predicted octanol–water partition coefficient (Wildman–Crippen LogP) is 1.68. The fraction of sp³-hybridized carbons (Fsp3) is 0.533. The van der Waals surface area contributed by atoms with E-state index in [-0.39, 0.29) is 19.0 Å². The fourth-order valence-corrected chi connectivity index (χ4v) is 1.61. The molecule has 20 heavy (non-hydrogen) atoms. The molecule has 0 aliphatic heterocycles. The second-order valence-electron chi connectivity index (χ2n) is 4.31. The maximum Gasteiger partial charge on any atom is 0.166 e. The van der Waals surface area contributed by atoms with Crippen molar-refractivity contribution in [2.75, 3.05) is 33.5 Å². The average molecular weight is 282 g/mol. The Morgan fingerprint density at radius 2 is 2.00 bits per heavy atom. The smallest absolute Gasteiger partial charge is 0.166 e. The molecular formula is C15H22O5. The average Bonchev–Trinajstić information content (AvgIpc) is 2.49. The molecule has 1 unspecified atom stereocenters. The van der Waals surface area contributed by atoms with Crippen LogP contribution >= 0.6 is 0 Å². The zero-order valence-corrected chi connectivity index (χ0v) is 12.0. The van der Waals surface area contributed by atoms with Crippen molar-refractivity contribution in [3.05, 3.63) is 29.8 Å². The summed E-state index contributed by atoms with van der Waals surface area (Å²) in [5.41, 5.74) is 0.544. The van der Waals surface area contributed by atoms with E-state index in [9.17, 15) is 9.90 Å². The SMILES string of the molecule is CCC(=O)c1ccccc1OCC(O)COCCOC. The summed E-state index contributed by atoms with van der Waals surface area (Å²) in [6.45, 7) is 2.98. The van der Waals surface area contributed by atoms with E-state index in [4.69, 9.17) is 14.2 Å². The lowest BCUT2D eigenvalue weighted by atomic mass is 10.1. The minimum atomic E-state index is -0.739. The first-order chi connectivity index (χ1) is 9.69. The van der Waals surface area contributed by atoms with Gasteiger partial charge in [0.15, 0.2) is 5.78 Å². The second-order valence-corrected chi connectivity index (χ2v) is 4.31. The predicted molar refractivity (Wildman–Crippen MR) is 75.3 cm³/mol. The molecule has 0 aromatic heterocycles. The zero-order valence-electron chi connectivity index (χ0n) is 12.0. The Balaban J connectivity index is 2.43. The Morgan fingerprint density at radius 3 is 2.70 bits per heavy atom. The highest BCUT2D eigenvalue weighted by molar-refractivity contribution is 5.98. The van der Waals surface area contributed by atoms with Crippen molar-refractivity contribution in [2.45, 2.75) is 19.4 Å². The number of ether oxygens (including phenoxy) is 3. The summed E-state index contributed by atoms with van der Waals surface area (Å²) in [5, 5.41) is 9.72. The lowest BCUT2D eigenvalue weighted by Gasteiger charge is -2.14. The third kappa shape index (κ3) is 5.69. The van der Waals surface area contributed by atoms with E-state index < -0.39 is 6.10 Å². The molecule has 112 valence electrons. The van der Waals surface area contributed by atoms with E-state index >= 15 is 0 Å². The van der Waals surface area contributed by atoms with Crippen LogP contribution in [0, 0.1) is 0 Å². The number of hydrogen-bond donors (Lipinski definition) is 1. The van der Waals surface area contributed by atoms with Crippen LogP contribution in [0.5, 0.6) is 5.75 Å². The van der Waals surface area contributed by atoms with Crippen molar-refractivity contribution < 1.29 is 24.1 Å². The first-order valence-electron chi connectivity index (χ1n) is 6.68. The minimum Gasteiger partial charge on any atom is -0.490 e. The molecule has 0 aliphatic carbocycles. The summed E-state index contributed by atoms with van der Waals surface area (Å²) in [7, 11) is 1.59. The Hall–Kier alpha value is -1.43. The molecule has 1 aromatic rings. The van der Waals surface area contributed by atoms with Crippen molar-refractivity contribution in [2.24, 2.45) is 0 Å². The quantitative estimate of drug-likeness (QED) is 0.522. The molecule has 1 rings (SSSR count). The Morgan fingerprint density at radius 1 is 1.25 bits per heavy atom. The van der Waals surface area contributed by atoms with Crippen molar-refractivity contribution in [3.63, 3.8) is 0 Å². The van der Waals surface area contributed by atoms with Gasteiger partial charge < -0.3 is 19.3 Å². The lowest BCUT2D eigenvalue weighted by Crippen LogP contribution is -2.24. The van der Waals surface area contributed by atoms with E-state index in [1.165, 1.54) is 0 Å². The van der Waals surface area contributed by atoms with Crippen LogP contribution in [0.4, 0.5) is 0 Å². The Labute approximate surface area is 119 Å². The number of aliphatic hydroxyl groups excluding tert-OH is 1. The molecule has 0 spiro atoms. The second kappa shape index (κ2) is 9.47. The number of rotatable bonds is 10. The largest absolute Gasteiger partial charge is 0.490 e. The molecule has 5 nitrogen and oxygen atoms in total. The number of Topliss-reactive ketones (excluding diaryl/α,β-unsaturated/α-hetero) is 1. The van der Waals surface area contributed by atoms with Crippen LogP contribution in [0.2, 0.25) is 0 Å². The molecule has 1 atom stereocenters. The minimum absolute atomic E-state index is 0.0198. The molecule has 0 heterocycles. The van der Waals surface area contributed by atoms with Crippen molar-refractivity contribution in [1.29, 1.82) is 0 Å². The molecule has 0 radical (unpaired) electrons. The van der Waals surface area contributed by atoms with Gasteiger partial charge in [-0.1, -0.05) is 19.1 Å². The number of hydrogen-bond acceptors (Lipinski definition) is 5. The van der Waals surface area contributed by atoms with Crippen LogP contribution < -0.4 is 4.74 Å². The van der Waals surface area contributed by atoms with Crippen LogP contribution in [0.15, 0.2) is 24.3 Å². The van der Waals surface area contributed by atoms with Gasteiger partial charge in [0.25, 0.3) is 0 Å². The van der Waals surface area contributed by atoms with Gasteiger partial charge in [-0.15, -0.1) is 0 Å². The molecule has 1 N–H and O–H groups in total. The highest BCUT2D eigenvalue weighted by atomic mass is 16.5. The van der Waals surface area contributed by atoms with E-state index in [1.807, 2.05) is 0 Å². The number of carbonyl (C=O) groups is 1. The molecule has 1 aromatic carbocycles. The summed E-state index contributed by atoms with van der Waals surface area (Å²) < 4.78 is 15.5. The van der Waals surface area contributed by atoms with Gasteiger partial charge in [0, 0.05) is 13.5 Å². The summed E-state index contributed by atoms with van der Waals surface area (Å²) >= 11 is 0. The van der Waals surface area contributed by atoms with Crippen LogP contribution in [-0.4, -0.2) is 50.5 Å². The lowest BCUT2D eigenvalue weighted by molar-refractivity contribution is -0.00429. The maximum absolute atomic E-state index is 11.7. The van der Waals surface area contributed by atoms with Gasteiger partial charge in [0.1, 0.15) is 18.5 Å². The zero-order chi connectivity index (χ0) is 14.8. The Bertz CT molecular complexity index is 405. The van der Waals surface area contributed by atoms with E-state index in [0.717, 1.165) is 0 Å². The monoisotopic (exact) mass is 282 g/mol. The molecule has 0 saturated heterocycles. The number of ketones is 1. The van der Waals surface area contributed by atoms with Crippen molar-refractivity contribution in [1.82, 2.24) is 0 Å². The molecule has 0 bridgehead atoms. The number of benzene rings is 1. The number of para-hydroxylation sites is 1. The molecule has 0 amide bonds. The highest BCUT2D eigenvalue weighted by Crippen LogP contribution is 2.19. The van der Waals surface area contributed by atoms with Gasteiger partial charge in [0.2, 0.25) is 0 Å². The summed E-state index contributed by atoms with van der Waals surface area (Å²) in [6.07, 6.45) is -0.320. The number of methoxy groups -OCH3 is 1. The van der Waals surface area contributed by atoms with Crippen molar-refractivity contribution >= 4 is 5.78 Å². The van der Waals surface area contributed by atoms with Crippen LogP contribution in [0.1, 0.15) is 23.7 Å². The molecule has 0 fully saturated rings. The van der Waals surface area contributed by atoms with Gasteiger partial charge in [-0.3, -0.25) is 4.79 Å². The topological polar surface area (TPSA) is 65.0 Å². The fourth-order valence-electron chi connectivity index (χ4n) is 1.61. The molecule has 0 saturated carbocycles. The first kappa shape index (κ1) is 16.6. The van der Waals surface area contributed by atoms with E-state index in [1.54, 1.807) is 38.3 Å². The molecule has 0 aliphatic rings. The van der Waals surface area contributed by atoms with E-state index in [2.05, 4.69) is 0 Å². The van der Waals surface area contributed by atoms with Crippen molar-refractivity contribution in [3.8, 4) is 5.75 Å². The van der Waals surface area contributed by atoms with Gasteiger partial charge in [-0.25, -0.2) is 0 Å².